The topological polar surface area (TPSA) is 96.2 Å². The van der Waals surface area contributed by atoms with Crippen LogP contribution in [0.1, 0.15) is 69.1 Å². The van der Waals surface area contributed by atoms with Crippen molar-refractivity contribution in [3.63, 3.8) is 0 Å². The number of carbonyl (C=O) groups is 2. The number of pyridine rings is 1. The van der Waals surface area contributed by atoms with Gasteiger partial charge in [0.15, 0.2) is 17.2 Å². The van der Waals surface area contributed by atoms with Gasteiger partial charge in [0, 0.05) is 38.6 Å². The molecule has 2 aromatic carbocycles. The Balaban J connectivity index is 1.23. The van der Waals surface area contributed by atoms with Crippen LogP contribution in [0.3, 0.4) is 0 Å². The van der Waals surface area contributed by atoms with Gasteiger partial charge in [-0.25, -0.2) is 9.78 Å². The van der Waals surface area contributed by atoms with E-state index in [1.807, 2.05) is 69.1 Å². The van der Waals surface area contributed by atoms with Gasteiger partial charge < -0.3 is 14.0 Å². The van der Waals surface area contributed by atoms with Gasteiger partial charge >= 0.3 is 12.2 Å². The molecular formula is C38H38F3N7O3. The molecule has 0 atom stereocenters. The Morgan fingerprint density at radius 1 is 0.863 bits per heavy atom. The normalized spacial score (nSPS) is 15.0. The number of hydrogen-bond acceptors (Lipinski definition) is 7. The van der Waals surface area contributed by atoms with Crippen molar-refractivity contribution in [2.75, 3.05) is 23.4 Å². The summed E-state index contributed by atoms with van der Waals surface area (Å²) in [6.45, 7) is 8.40. The van der Waals surface area contributed by atoms with Crippen molar-refractivity contribution in [1.82, 2.24) is 24.5 Å². The zero-order valence-electron chi connectivity index (χ0n) is 29.1. The molecular weight excluding hydrogens is 659 g/mol. The molecule has 1 aliphatic carbocycles. The molecule has 0 bridgehead atoms. The van der Waals surface area contributed by atoms with E-state index in [1.54, 1.807) is 10.6 Å². The SMILES string of the molecule is Cc1ccc(CN(Cc2ccc(C)c(C)c2)c2cc(OCc3cn4cc(C5CC5)cc(N5CC(=O)N(C)C5=O)c4n3)c(C(F)(F)F)nn2)cc1C. The summed E-state index contributed by atoms with van der Waals surface area (Å²) in [4.78, 5) is 34.3. The third kappa shape index (κ3) is 6.97. The van der Waals surface area contributed by atoms with Gasteiger partial charge in [-0.15, -0.1) is 10.2 Å². The third-order valence-corrected chi connectivity index (χ3v) is 9.73. The lowest BCUT2D eigenvalue weighted by Gasteiger charge is -2.25. The van der Waals surface area contributed by atoms with Crippen LogP contribution in [-0.2, 0) is 30.7 Å². The van der Waals surface area contributed by atoms with Crippen LogP contribution in [-0.4, -0.2) is 50.0 Å². The van der Waals surface area contributed by atoms with Gasteiger partial charge in [-0.2, -0.15) is 13.2 Å². The minimum Gasteiger partial charge on any atom is -0.485 e. The molecule has 0 spiro atoms. The fraction of sp³-hybridized carbons (Fsp3) is 0.342. The van der Waals surface area contributed by atoms with E-state index in [0.29, 0.717) is 36.0 Å². The minimum atomic E-state index is -4.83. The van der Waals surface area contributed by atoms with Crippen molar-refractivity contribution in [2.24, 2.45) is 0 Å². The molecule has 2 aliphatic rings. The summed E-state index contributed by atoms with van der Waals surface area (Å²) in [5.41, 5.74) is 7.38. The van der Waals surface area contributed by atoms with Crippen LogP contribution in [0, 0.1) is 27.7 Å². The Hall–Kier alpha value is -5.46. The maximum atomic E-state index is 14.3. The molecule has 13 heteroatoms. The average Bonchev–Trinajstić information content (AvgIpc) is 3.81. The van der Waals surface area contributed by atoms with Gasteiger partial charge in [-0.05, 0) is 91.5 Å². The van der Waals surface area contributed by atoms with Gasteiger partial charge in [-0.3, -0.25) is 14.6 Å². The monoisotopic (exact) mass is 697 g/mol. The summed E-state index contributed by atoms with van der Waals surface area (Å²) in [7, 11) is 1.43. The Bertz CT molecular complexity index is 2120. The maximum Gasteiger partial charge on any atom is 0.438 e. The first kappa shape index (κ1) is 34.0. The van der Waals surface area contributed by atoms with Crippen molar-refractivity contribution in [3.05, 3.63) is 111 Å². The molecule has 1 saturated carbocycles. The van der Waals surface area contributed by atoms with Crippen LogP contribution in [0.2, 0.25) is 0 Å². The summed E-state index contributed by atoms with van der Waals surface area (Å²) < 4.78 is 50.5. The lowest BCUT2D eigenvalue weighted by molar-refractivity contribution is -0.143. The Labute approximate surface area is 293 Å². The van der Waals surface area contributed by atoms with Crippen molar-refractivity contribution in [3.8, 4) is 5.75 Å². The average molecular weight is 698 g/mol. The number of hydrogen-bond donors (Lipinski definition) is 0. The number of fused-ring (bicyclic) bond motifs is 1. The molecule has 51 heavy (non-hydrogen) atoms. The predicted octanol–water partition coefficient (Wildman–Crippen LogP) is 7.44. The van der Waals surface area contributed by atoms with Gasteiger partial charge in [-0.1, -0.05) is 36.4 Å². The summed E-state index contributed by atoms with van der Waals surface area (Å²) >= 11 is 0. The first-order valence-electron chi connectivity index (χ1n) is 16.8. The highest BCUT2D eigenvalue weighted by atomic mass is 19.4. The molecule has 0 N–H and O–H groups in total. The Kier molecular flexibility index (Phi) is 8.68. The first-order chi connectivity index (χ1) is 24.2. The van der Waals surface area contributed by atoms with Crippen LogP contribution in [0.4, 0.5) is 29.5 Å². The van der Waals surface area contributed by atoms with Crippen molar-refractivity contribution in [2.45, 2.75) is 72.3 Å². The van der Waals surface area contributed by atoms with Gasteiger partial charge in [0.05, 0.1) is 11.4 Å². The van der Waals surface area contributed by atoms with Crippen molar-refractivity contribution >= 4 is 29.1 Å². The number of imide groups is 1. The molecule has 7 rings (SSSR count). The summed E-state index contributed by atoms with van der Waals surface area (Å²) in [6.07, 6.45) is 0.761. The Morgan fingerprint density at radius 3 is 2.06 bits per heavy atom. The number of likely N-dealkylation sites (N-methyl/N-ethyl adjacent to an activating group) is 1. The number of carbonyl (C=O) groups excluding carboxylic acids is 2. The van der Waals surface area contributed by atoms with E-state index in [4.69, 9.17) is 4.74 Å². The van der Waals surface area contributed by atoms with E-state index in [0.717, 1.165) is 56.7 Å². The molecule has 10 nitrogen and oxygen atoms in total. The largest absolute Gasteiger partial charge is 0.485 e. The first-order valence-corrected chi connectivity index (χ1v) is 16.8. The second-order valence-corrected chi connectivity index (χ2v) is 13.6. The van der Waals surface area contributed by atoms with Crippen LogP contribution in [0.5, 0.6) is 5.75 Å². The number of alkyl halides is 3. The van der Waals surface area contributed by atoms with Gasteiger partial charge in [0.1, 0.15) is 13.2 Å². The van der Waals surface area contributed by atoms with Crippen LogP contribution in [0.15, 0.2) is 60.9 Å². The van der Waals surface area contributed by atoms with E-state index < -0.39 is 23.7 Å². The number of benzene rings is 2. The van der Waals surface area contributed by atoms with E-state index in [2.05, 4.69) is 27.3 Å². The molecule has 3 amide bonds. The maximum absolute atomic E-state index is 14.3. The Morgan fingerprint density at radius 2 is 1.51 bits per heavy atom. The van der Waals surface area contributed by atoms with Crippen LogP contribution in [0.25, 0.3) is 5.65 Å². The highest BCUT2D eigenvalue weighted by Crippen LogP contribution is 2.42. The van der Waals surface area contributed by atoms with E-state index in [-0.39, 0.29) is 24.9 Å². The zero-order chi connectivity index (χ0) is 36.2. The number of ether oxygens (including phenoxy) is 1. The standard InChI is InChI=1S/C38H38F3N7O3/c1-22-6-8-26(12-24(22)3)16-46(17-27-9-7-23(2)25(4)13-27)33-15-32(35(44-43-33)38(39,40)41)51-21-30-19-47-18-29(28-10-11-28)14-31(36(47)42-30)48-20-34(49)45(5)37(48)50/h6-9,12-15,18-19,28H,10-11,16-17,20-21H2,1-5H3. The van der Waals surface area contributed by atoms with Gasteiger partial charge in [0.25, 0.3) is 0 Å². The smallest absolute Gasteiger partial charge is 0.438 e. The molecule has 1 saturated heterocycles. The van der Waals surface area contributed by atoms with Gasteiger partial charge in [0.2, 0.25) is 11.6 Å². The molecule has 5 aromatic rings. The minimum absolute atomic E-state index is 0.126. The molecule has 3 aromatic heterocycles. The number of aryl methyl sites for hydroxylation is 4. The lowest BCUT2D eigenvalue weighted by Crippen LogP contribution is -2.30. The molecule has 0 radical (unpaired) electrons. The number of aromatic nitrogens is 4. The second-order valence-electron chi connectivity index (χ2n) is 13.6. The fourth-order valence-electron chi connectivity index (χ4n) is 6.29. The van der Waals surface area contributed by atoms with Crippen LogP contribution < -0.4 is 14.5 Å². The number of anilines is 2. The number of halogens is 3. The summed E-state index contributed by atoms with van der Waals surface area (Å²) in [5, 5.41) is 7.71. The molecule has 1 aliphatic heterocycles. The lowest BCUT2D eigenvalue weighted by atomic mass is 10.0. The quantitative estimate of drug-likeness (QED) is 0.140. The van der Waals surface area contributed by atoms with E-state index in [1.165, 1.54) is 18.0 Å². The number of imidazole rings is 1. The fourth-order valence-corrected chi connectivity index (χ4v) is 6.29. The second kappa shape index (κ2) is 13.0. The number of nitrogens with zero attached hydrogens (tertiary/aromatic N) is 7. The molecule has 0 unspecified atom stereocenters. The molecule has 2 fully saturated rings. The number of rotatable bonds is 10. The predicted molar refractivity (Wildman–Crippen MR) is 186 cm³/mol. The highest BCUT2D eigenvalue weighted by molar-refractivity contribution is 6.13. The van der Waals surface area contributed by atoms with E-state index in [9.17, 15) is 22.8 Å². The summed E-state index contributed by atoms with van der Waals surface area (Å²) in [5.74, 6) is -0.264. The number of amides is 3. The van der Waals surface area contributed by atoms with Crippen molar-refractivity contribution in [1.29, 1.82) is 0 Å². The zero-order valence-corrected chi connectivity index (χ0v) is 29.1. The highest BCUT2D eigenvalue weighted by Gasteiger charge is 2.39. The van der Waals surface area contributed by atoms with Crippen LogP contribution >= 0.6 is 0 Å². The van der Waals surface area contributed by atoms with E-state index >= 15 is 0 Å². The molecule has 4 heterocycles. The summed E-state index contributed by atoms with van der Waals surface area (Å²) in [6, 6.07) is 14.9. The van der Waals surface area contributed by atoms with Crippen molar-refractivity contribution < 1.29 is 27.5 Å². The third-order valence-electron chi connectivity index (χ3n) is 9.73. The number of urea groups is 1. The molecule has 264 valence electrons.